The van der Waals surface area contributed by atoms with Crippen LogP contribution in [0.5, 0.6) is 0 Å². The number of nitrogens with zero attached hydrogens (tertiary/aromatic N) is 4. The molecule has 1 fully saturated rings. The predicted molar refractivity (Wildman–Crippen MR) is 105 cm³/mol. The first-order valence-corrected chi connectivity index (χ1v) is 9.25. The molecule has 2 aromatic heterocycles. The van der Waals surface area contributed by atoms with Crippen LogP contribution in [-0.2, 0) is 4.74 Å². The van der Waals surface area contributed by atoms with Crippen molar-refractivity contribution in [3.63, 3.8) is 0 Å². The van der Waals surface area contributed by atoms with E-state index in [0.29, 0.717) is 29.8 Å². The van der Waals surface area contributed by atoms with Gasteiger partial charge in [-0.15, -0.1) is 5.10 Å². The maximum absolute atomic E-state index is 13.1. The molecule has 1 aliphatic heterocycles. The van der Waals surface area contributed by atoms with Crippen LogP contribution in [-0.4, -0.2) is 40.9 Å². The first kappa shape index (κ1) is 15.7. The minimum Gasteiger partial charge on any atom is -0.378 e. The standard InChI is InChI=1S/C19H15BrN4O2/c20-12-5-6-16-15(11-12)19(25)24-17(21-16)13-3-1-2-4-14(13)18(22-24)23-7-9-26-10-8-23/h1-6,11H,7-10H2. The Kier molecular flexibility index (Phi) is 3.65. The van der Waals surface area contributed by atoms with Gasteiger partial charge in [-0.05, 0) is 18.2 Å². The summed E-state index contributed by atoms with van der Waals surface area (Å²) in [6.07, 6.45) is 0. The number of hydrogen-bond acceptors (Lipinski definition) is 5. The summed E-state index contributed by atoms with van der Waals surface area (Å²) in [7, 11) is 0. The fourth-order valence-electron chi connectivity index (χ4n) is 3.45. The van der Waals surface area contributed by atoms with Crippen LogP contribution in [0.3, 0.4) is 0 Å². The third-order valence-electron chi connectivity index (χ3n) is 4.72. The summed E-state index contributed by atoms with van der Waals surface area (Å²) < 4.78 is 7.74. The second-order valence-electron chi connectivity index (χ2n) is 6.28. The summed E-state index contributed by atoms with van der Waals surface area (Å²) in [4.78, 5) is 20.0. The van der Waals surface area contributed by atoms with Crippen LogP contribution >= 0.6 is 15.9 Å². The van der Waals surface area contributed by atoms with E-state index in [4.69, 9.17) is 14.8 Å². The molecule has 7 heteroatoms. The van der Waals surface area contributed by atoms with E-state index >= 15 is 0 Å². The Bertz CT molecular complexity index is 1210. The molecule has 0 unspecified atom stereocenters. The van der Waals surface area contributed by atoms with Gasteiger partial charge in [-0.1, -0.05) is 40.2 Å². The molecular weight excluding hydrogens is 396 g/mol. The van der Waals surface area contributed by atoms with Crippen molar-refractivity contribution in [2.24, 2.45) is 0 Å². The molecule has 1 saturated heterocycles. The highest BCUT2D eigenvalue weighted by molar-refractivity contribution is 9.10. The van der Waals surface area contributed by atoms with Gasteiger partial charge in [0.1, 0.15) is 0 Å². The molecule has 0 atom stereocenters. The molecule has 2 aromatic carbocycles. The zero-order valence-corrected chi connectivity index (χ0v) is 15.4. The van der Waals surface area contributed by atoms with Crippen LogP contribution in [0.2, 0.25) is 0 Å². The van der Waals surface area contributed by atoms with Gasteiger partial charge in [0, 0.05) is 28.3 Å². The Morgan fingerprint density at radius 3 is 2.58 bits per heavy atom. The fourth-order valence-corrected chi connectivity index (χ4v) is 3.81. The monoisotopic (exact) mass is 410 g/mol. The predicted octanol–water partition coefficient (Wildman–Crippen LogP) is 3.00. The second-order valence-corrected chi connectivity index (χ2v) is 7.20. The number of rotatable bonds is 1. The largest absolute Gasteiger partial charge is 0.378 e. The van der Waals surface area contributed by atoms with Crippen LogP contribution in [0, 0.1) is 0 Å². The van der Waals surface area contributed by atoms with Crippen molar-refractivity contribution in [1.29, 1.82) is 0 Å². The zero-order chi connectivity index (χ0) is 17.7. The lowest BCUT2D eigenvalue weighted by Gasteiger charge is -2.28. The third kappa shape index (κ3) is 2.39. The molecule has 26 heavy (non-hydrogen) atoms. The van der Waals surface area contributed by atoms with Gasteiger partial charge in [0.15, 0.2) is 11.5 Å². The minimum absolute atomic E-state index is 0.161. The molecule has 3 heterocycles. The molecule has 0 bridgehead atoms. The normalized spacial score (nSPS) is 15.2. The van der Waals surface area contributed by atoms with Crippen molar-refractivity contribution in [3.05, 3.63) is 57.3 Å². The van der Waals surface area contributed by atoms with Crippen molar-refractivity contribution in [3.8, 4) is 0 Å². The van der Waals surface area contributed by atoms with Crippen LogP contribution in [0.15, 0.2) is 51.7 Å². The van der Waals surface area contributed by atoms with Crippen molar-refractivity contribution >= 4 is 49.1 Å². The van der Waals surface area contributed by atoms with Crippen molar-refractivity contribution in [2.75, 3.05) is 31.2 Å². The van der Waals surface area contributed by atoms with E-state index in [0.717, 1.165) is 34.2 Å². The summed E-state index contributed by atoms with van der Waals surface area (Å²) in [6.45, 7) is 2.82. The van der Waals surface area contributed by atoms with E-state index in [1.165, 1.54) is 4.52 Å². The highest BCUT2D eigenvalue weighted by Crippen LogP contribution is 2.28. The van der Waals surface area contributed by atoms with Gasteiger partial charge in [-0.3, -0.25) is 4.79 Å². The van der Waals surface area contributed by atoms with Gasteiger partial charge < -0.3 is 9.64 Å². The van der Waals surface area contributed by atoms with Crippen LogP contribution in [0.4, 0.5) is 5.82 Å². The lowest BCUT2D eigenvalue weighted by molar-refractivity contribution is 0.122. The number of anilines is 1. The molecule has 6 nitrogen and oxygen atoms in total. The average Bonchev–Trinajstić information content (AvgIpc) is 2.69. The van der Waals surface area contributed by atoms with Crippen LogP contribution in [0.1, 0.15) is 0 Å². The quantitative estimate of drug-likeness (QED) is 0.356. The van der Waals surface area contributed by atoms with E-state index in [1.54, 1.807) is 6.07 Å². The number of benzene rings is 2. The van der Waals surface area contributed by atoms with Crippen molar-refractivity contribution < 1.29 is 4.74 Å². The molecule has 0 radical (unpaired) electrons. The van der Waals surface area contributed by atoms with Gasteiger partial charge in [-0.25, -0.2) is 4.98 Å². The molecule has 1 aliphatic rings. The number of hydrogen-bond donors (Lipinski definition) is 0. The maximum Gasteiger partial charge on any atom is 0.282 e. The molecule has 5 rings (SSSR count). The Hall–Kier alpha value is -2.51. The average molecular weight is 411 g/mol. The first-order chi connectivity index (χ1) is 12.7. The van der Waals surface area contributed by atoms with Gasteiger partial charge >= 0.3 is 0 Å². The highest BCUT2D eigenvalue weighted by Gasteiger charge is 2.19. The molecule has 0 amide bonds. The third-order valence-corrected chi connectivity index (χ3v) is 5.22. The number of ether oxygens (including phenoxy) is 1. The second kappa shape index (κ2) is 6.03. The lowest BCUT2D eigenvalue weighted by atomic mass is 10.1. The topological polar surface area (TPSA) is 59.7 Å². The van der Waals surface area contributed by atoms with E-state index in [9.17, 15) is 4.79 Å². The van der Waals surface area contributed by atoms with Gasteiger partial charge in [0.25, 0.3) is 5.56 Å². The summed E-state index contributed by atoms with van der Waals surface area (Å²) in [5.41, 5.74) is 1.09. The van der Waals surface area contributed by atoms with Crippen molar-refractivity contribution in [2.45, 2.75) is 0 Å². The summed E-state index contributed by atoms with van der Waals surface area (Å²) >= 11 is 3.43. The van der Waals surface area contributed by atoms with E-state index in [1.807, 2.05) is 36.4 Å². The number of morpholine rings is 1. The van der Waals surface area contributed by atoms with Crippen molar-refractivity contribution in [1.82, 2.24) is 14.6 Å². The first-order valence-electron chi connectivity index (χ1n) is 8.46. The Morgan fingerprint density at radius 1 is 1.00 bits per heavy atom. The number of aromatic nitrogens is 3. The van der Waals surface area contributed by atoms with Crippen LogP contribution < -0.4 is 10.5 Å². The SMILES string of the molecule is O=c1c2cc(Br)ccc2nc2c3ccccc3c(N3CCOCC3)nn12. The lowest BCUT2D eigenvalue weighted by Crippen LogP contribution is -2.37. The Balaban J connectivity index is 1.92. The number of halogens is 1. The van der Waals surface area contributed by atoms with Crippen LogP contribution in [0.25, 0.3) is 27.3 Å². The van der Waals surface area contributed by atoms with Gasteiger partial charge in [-0.2, -0.15) is 4.52 Å². The summed E-state index contributed by atoms with van der Waals surface area (Å²) in [5, 5.41) is 7.17. The van der Waals surface area contributed by atoms with E-state index in [-0.39, 0.29) is 5.56 Å². The molecule has 0 spiro atoms. The zero-order valence-electron chi connectivity index (χ0n) is 13.9. The fraction of sp³-hybridized carbons (Fsp3) is 0.211. The maximum atomic E-state index is 13.1. The molecule has 4 aromatic rings. The molecular formula is C19H15BrN4O2. The van der Waals surface area contributed by atoms with E-state index in [2.05, 4.69) is 20.8 Å². The van der Waals surface area contributed by atoms with Gasteiger partial charge in [0.2, 0.25) is 0 Å². The molecule has 0 saturated carbocycles. The van der Waals surface area contributed by atoms with Gasteiger partial charge in [0.05, 0.1) is 24.1 Å². The number of fused-ring (bicyclic) bond motifs is 4. The Labute approximate surface area is 157 Å². The Morgan fingerprint density at radius 2 is 1.77 bits per heavy atom. The molecule has 130 valence electrons. The molecule has 0 aliphatic carbocycles. The minimum atomic E-state index is -0.161. The summed E-state index contributed by atoms with van der Waals surface area (Å²) in [6, 6.07) is 13.5. The molecule has 0 N–H and O–H groups in total. The highest BCUT2D eigenvalue weighted by atomic mass is 79.9. The smallest absolute Gasteiger partial charge is 0.282 e. The summed E-state index contributed by atoms with van der Waals surface area (Å²) in [5.74, 6) is 0.801. The van der Waals surface area contributed by atoms with E-state index < -0.39 is 0 Å².